The number of Topliss-reactive ketones (excluding diaryl/α,β-unsaturated/α-hetero) is 1. The lowest BCUT2D eigenvalue weighted by Gasteiger charge is -2.37. The highest BCUT2D eigenvalue weighted by atomic mass is 32.2. The topological polar surface area (TPSA) is 99.0 Å². The van der Waals surface area contributed by atoms with Crippen LogP contribution in [0.15, 0.2) is 41.4 Å². The molecule has 0 aliphatic carbocycles. The molecule has 0 spiro atoms. The molecule has 1 fully saturated rings. The second kappa shape index (κ2) is 7.52. The molecule has 1 saturated heterocycles. The highest BCUT2D eigenvalue weighted by Gasteiger charge is 2.45. The highest BCUT2D eigenvalue weighted by molar-refractivity contribution is 7.99. The second-order valence-corrected chi connectivity index (χ2v) is 14.0. The number of benzene rings is 1. The molecular formula is C23H27N3O4S2. The minimum atomic E-state index is -3.02. The number of carbonyl (C=O) groups is 1. The smallest absolute Gasteiger partial charge is 0.165 e. The molecular weight excluding hydrogens is 446 g/mol. The molecule has 0 amide bonds. The van der Waals surface area contributed by atoms with Crippen molar-refractivity contribution in [2.75, 3.05) is 17.8 Å². The summed E-state index contributed by atoms with van der Waals surface area (Å²) in [5, 5.41) is 4.75. The Bertz CT molecular complexity index is 1440. The van der Waals surface area contributed by atoms with Crippen molar-refractivity contribution in [1.82, 2.24) is 14.8 Å². The molecule has 9 heteroatoms. The zero-order chi connectivity index (χ0) is 23.5. The summed E-state index contributed by atoms with van der Waals surface area (Å²) in [5.41, 5.74) is 2.73. The van der Waals surface area contributed by atoms with Crippen LogP contribution in [0.5, 0.6) is 0 Å². The van der Waals surface area contributed by atoms with E-state index in [2.05, 4.69) is 10.9 Å². The van der Waals surface area contributed by atoms with Gasteiger partial charge in [-0.25, -0.2) is 8.42 Å². The van der Waals surface area contributed by atoms with E-state index in [4.69, 9.17) is 5.10 Å². The van der Waals surface area contributed by atoms with Crippen LogP contribution in [0.3, 0.4) is 0 Å². The minimum Gasteiger partial charge on any atom is -0.294 e. The Morgan fingerprint density at radius 3 is 2.56 bits per heavy atom. The van der Waals surface area contributed by atoms with E-state index < -0.39 is 24.8 Å². The van der Waals surface area contributed by atoms with Gasteiger partial charge >= 0.3 is 0 Å². The van der Waals surface area contributed by atoms with Gasteiger partial charge in [-0.15, -0.1) is 0 Å². The Morgan fingerprint density at radius 2 is 1.97 bits per heavy atom. The number of nitrogens with zero attached hydrogens (tertiary/aromatic N) is 3. The Kier molecular flexibility index (Phi) is 5.33. The SMILES string of the molecule is C=S(C)(=O)c1cccc(-c2nn(C(C)C)c3cc(C(=O)CC4(C)CS(=O)(=O)C4)cnc23)c1. The van der Waals surface area contributed by atoms with E-state index in [1.54, 1.807) is 18.4 Å². The Balaban J connectivity index is 1.76. The molecule has 1 aromatic carbocycles. The molecule has 7 nitrogen and oxygen atoms in total. The molecule has 32 heavy (non-hydrogen) atoms. The third-order valence-corrected chi connectivity index (χ3v) is 9.21. The lowest BCUT2D eigenvalue weighted by Crippen LogP contribution is -2.47. The maximum absolute atomic E-state index is 12.9. The first-order valence-electron chi connectivity index (χ1n) is 10.3. The summed E-state index contributed by atoms with van der Waals surface area (Å²) in [7, 11) is -5.40. The van der Waals surface area contributed by atoms with Gasteiger partial charge < -0.3 is 0 Å². The van der Waals surface area contributed by atoms with Crippen LogP contribution in [-0.4, -0.2) is 56.8 Å². The van der Waals surface area contributed by atoms with Crippen LogP contribution in [-0.2, 0) is 19.4 Å². The predicted octanol–water partition coefficient (Wildman–Crippen LogP) is 3.39. The van der Waals surface area contributed by atoms with Crippen molar-refractivity contribution >= 4 is 42.0 Å². The Hall–Kier alpha value is -2.52. The molecule has 0 radical (unpaired) electrons. The minimum absolute atomic E-state index is 0.0270. The van der Waals surface area contributed by atoms with Crippen LogP contribution in [0.2, 0.25) is 0 Å². The van der Waals surface area contributed by atoms with Gasteiger partial charge in [0.25, 0.3) is 0 Å². The van der Waals surface area contributed by atoms with Crippen molar-refractivity contribution in [1.29, 1.82) is 0 Å². The van der Waals surface area contributed by atoms with Crippen molar-refractivity contribution in [3.8, 4) is 11.3 Å². The van der Waals surface area contributed by atoms with Crippen molar-refractivity contribution in [3.63, 3.8) is 0 Å². The second-order valence-electron chi connectivity index (χ2n) is 9.45. The number of hydrogen-bond acceptors (Lipinski definition) is 6. The fourth-order valence-corrected chi connectivity index (χ4v) is 7.27. The lowest BCUT2D eigenvalue weighted by molar-refractivity contribution is 0.0936. The molecule has 0 N–H and O–H groups in total. The van der Waals surface area contributed by atoms with E-state index in [9.17, 15) is 17.4 Å². The molecule has 3 aromatic rings. The maximum Gasteiger partial charge on any atom is 0.165 e. The van der Waals surface area contributed by atoms with Gasteiger partial charge in [0.2, 0.25) is 0 Å². The van der Waals surface area contributed by atoms with Crippen LogP contribution in [0.4, 0.5) is 0 Å². The molecule has 4 rings (SSSR count). The van der Waals surface area contributed by atoms with Crippen molar-refractivity contribution < 1.29 is 17.4 Å². The van der Waals surface area contributed by atoms with E-state index in [1.807, 2.05) is 43.7 Å². The van der Waals surface area contributed by atoms with E-state index in [0.29, 0.717) is 21.7 Å². The third kappa shape index (κ3) is 4.23. The van der Waals surface area contributed by atoms with Gasteiger partial charge in [0, 0.05) is 46.4 Å². The number of fused-ring (bicyclic) bond motifs is 1. The fourth-order valence-electron chi connectivity index (χ4n) is 4.28. The quantitative estimate of drug-likeness (QED) is 0.402. The third-order valence-electron chi connectivity index (χ3n) is 5.69. The standard InChI is InChI=1S/C23H27N3O4S2/c1-15(2)26-19-10-17(20(27)11-23(3)13-32(29,30)14-23)12-24-22(19)21(25-26)16-7-6-8-18(9-16)31(4,5)28/h6-10,12,15H,4,11,13-14H2,1-3,5H3. The normalized spacial score (nSPS) is 18.9. The van der Waals surface area contributed by atoms with Crippen molar-refractivity contribution in [2.45, 2.75) is 38.1 Å². The number of rotatable bonds is 6. The van der Waals surface area contributed by atoms with E-state index >= 15 is 0 Å². The fraction of sp³-hybridized carbons (Fsp3) is 0.391. The first-order chi connectivity index (χ1) is 14.8. The molecule has 1 aliphatic rings. The Labute approximate surface area is 188 Å². The van der Waals surface area contributed by atoms with E-state index in [-0.39, 0.29) is 29.8 Å². The predicted molar refractivity (Wildman–Crippen MR) is 129 cm³/mol. The molecule has 1 atom stereocenters. The number of carbonyl (C=O) groups excluding carboxylic acids is 1. The molecule has 0 saturated carbocycles. The van der Waals surface area contributed by atoms with Crippen LogP contribution in [0.1, 0.15) is 43.6 Å². The number of aromatic nitrogens is 3. The van der Waals surface area contributed by atoms with Gasteiger partial charge in [0.05, 0.1) is 17.0 Å². The van der Waals surface area contributed by atoms with Crippen LogP contribution >= 0.6 is 0 Å². The van der Waals surface area contributed by atoms with Gasteiger partial charge in [0.15, 0.2) is 15.6 Å². The number of hydrogen-bond donors (Lipinski definition) is 0. The summed E-state index contributed by atoms with van der Waals surface area (Å²) in [6.07, 6.45) is 3.30. The summed E-state index contributed by atoms with van der Waals surface area (Å²) < 4.78 is 37.4. The average Bonchev–Trinajstić information content (AvgIpc) is 3.04. The molecule has 3 heterocycles. The van der Waals surface area contributed by atoms with Gasteiger partial charge in [-0.2, -0.15) is 5.10 Å². The molecule has 1 aliphatic heterocycles. The largest absolute Gasteiger partial charge is 0.294 e. The first-order valence-corrected chi connectivity index (χ1v) is 14.3. The van der Waals surface area contributed by atoms with Crippen molar-refractivity contribution in [3.05, 3.63) is 42.1 Å². The van der Waals surface area contributed by atoms with Crippen LogP contribution in [0.25, 0.3) is 22.3 Å². The molecule has 1 unspecified atom stereocenters. The van der Waals surface area contributed by atoms with Crippen LogP contribution in [0, 0.1) is 5.41 Å². The van der Waals surface area contributed by atoms with Gasteiger partial charge in [-0.3, -0.25) is 18.7 Å². The van der Waals surface area contributed by atoms with E-state index in [1.165, 1.54) is 6.20 Å². The number of ketones is 1. The van der Waals surface area contributed by atoms with Crippen molar-refractivity contribution in [2.24, 2.45) is 5.41 Å². The molecule has 170 valence electrons. The van der Waals surface area contributed by atoms with Crippen LogP contribution < -0.4 is 0 Å². The summed E-state index contributed by atoms with van der Waals surface area (Å²) in [6.45, 7) is 5.82. The summed E-state index contributed by atoms with van der Waals surface area (Å²) in [5.74, 6) is 3.72. The summed E-state index contributed by atoms with van der Waals surface area (Å²) >= 11 is 0. The molecule has 0 bridgehead atoms. The zero-order valence-electron chi connectivity index (χ0n) is 18.7. The number of sulfone groups is 1. The monoisotopic (exact) mass is 473 g/mol. The maximum atomic E-state index is 12.9. The van der Waals surface area contributed by atoms with Gasteiger partial charge in [-0.1, -0.05) is 19.1 Å². The van der Waals surface area contributed by atoms with Gasteiger partial charge in [0.1, 0.15) is 11.2 Å². The summed E-state index contributed by atoms with van der Waals surface area (Å²) in [4.78, 5) is 18.1. The van der Waals surface area contributed by atoms with E-state index in [0.717, 1.165) is 11.1 Å². The average molecular weight is 474 g/mol. The molecule has 2 aromatic heterocycles. The van der Waals surface area contributed by atoms with Gasteiger partial charge in [-0.05, 0) is 47.4 Å². The summed E-state index contributed by atoms with van der Waals surface area (Å²) in [6, 6.07) is 9.13. The lowest BCUT2D eigenvalue weighted by atomic mass is 9.86. The first kappa shape index (κ1) is 22.7. The zero-order valence-corrected chi connectivity index (χ0v) is 20.3. The highest BCUT2D eigenvalue weighted by Crippen LogP contribution is 2.37. The Morgan fingerprint density at radius 1 is 1.28 bits per heavy atom. The number of pyridine rings is 1.